The zero-order valence-corrected chi connectivity index (χ0v) is 32.1. The van der Waals surface area contributed by atoms with Crippen molar-refractivity contribution in [3.8, 4) is 46.0 Å². The van der Waals surface area contributed by atoms with E-state index in [0.29, 0.717) is 57.1 Å². The Labute approximate surface area is 312 Å². The minimum atomic E-state index is -0.932. The largest absolute Gasteiger partial charge is 0.493 e. The van der Waals surface area contributed by atoms with Gasteiger partial charge in [-0.1, -0.05) is 38.1 Å². The third-order valence-electron chi connectivity index (χ3n) is 10.1. The second-order valence-electron chi connectivity index (χ2n) is 13.3. The Kier molecular flexibility index (Phi) is 12.9. The van der Waals surface area contributed by atoms with Crippen LogP contribution in [0.4, 0.5) is 0 Å². The van der Waals surface area contributed by atoms with Crippen LogP contribution in [-0.2, 0) is 4.74 Å². The first-order valence-corrected chi connectivity index (χ1v) is 17.6. The predicted octanol–water partition coefficient (Wildman–Crippen LogP) is 7.82. The van der Waals surface area contributed by atoms with E-state index in [2.05, 4.69) is 13.8 Å². The van der Waals surface area contributed by atoms with Crippen LogP contribution in [0.2, 0.25) is 0 Å². The monoisotopic (exact) mass is 732 g/mol. The number of benzene rings is 4. The average Bonchev–Trinajstić information content (AvgIpc) is 3.49. The second-order valence-corrected chi connectivity index (χ2v) is 13.3. The van der Waals surface area contributed by atoms with Gasteiger partial charge < -0.3 is 52.8 Å². The summed E-state index contributed by atoms with van der Waals surface area (Å²) in [5.41, 5.74) is 3.18. The first kappa shape index (κ1) is 39.4. The van der Waals surface area contributed by atoms with Crippen LogP contribution >= 0.6 is 0 Å². The quantitative estimate of drug-likeness (QED) is 0.117. The maximum Gasteiger partial charge on any atom is 0.161 e. The van der Waals surface area contributed by atoms with E-state index in [1.807, 2.05) is 36.4 Å². The summed E-state index contributed by atoms with van der Waals surface area (Å²) in [7, 11) is 9.43. The van der Waals surface area contributed by atoms with E-state index in [1.54, 1.807) is 92.9 Å². The molecule has 0 bridgehead atoms. The van der Waals surface area contributed by atoms with E-state index in [0.717, 1.165) is 11.1 Å². The third-order valence-corrected chi connectivity index (χ3v) is 10.1. The number of hydrogen-bond acceptors (Lipinski definition) is 11. The Balaban J connectivity index is 1.29. The molecule has 8 atom stereocenters. The standard InChI is InChI=1S/C42H52O11/c1-23-24(2)42(30-14-18-34(38(22-30)50-10)52-26(4)40(44)28-12-16-32(46-6)36(20-28)48-8)53-41(23)29-13-17-33(37(21-29)49-9)51-25(3)39(43)27-11-15-31(45-5)35(19-27)47-7/h11-26,39-44H,1-10H3/t23-,24-,25-,26+,39+,40-,41+,42-/m0/s1. The predicted molar refractivity (Wildman–Crippen MR) is 200 cm³/mol. The first-order valence-electron chi connectivity index (χ1n) is 17.6. The maximum absolute atomic E-state index is 11.1. The fourth-order valence-electron chi connectivity index (χ4n) is 6.78. The Bertz CT molecular complexity index is 1700. The lowest BCUT2D eigenvalue weighted by Crippen LogP contribution is -2.22. The summed E-state index contributed by atoms with van der Waals surface area (Å²) in [4.78, 5) is 0. The maximum atomic E-state index is 11.1. The summed E-state index contributed by atoms with van der Waals surface area (Å²) in [5.74, 6) is 4.62. The highest BCUT2D eigenvalue weighted by Gasteiger charge is 2.41. The lowest BCUT2D eigenvalue weighted by Gasteiger charge is -2.24. The summed E-state index contributed by atoms with van der Waals surface area (Å²) in [6.07, 6.45) is -3.49. The molecule has 4 aromatic carbocycles. The number of rotatable bonds is 16. The lowest BCUT2D eigenvalue weighted by atomic mass is 9.85. The van der Waals surface area contributed by atoms with Gasteiger partial charge in [-0.25, -0.2) is 0 Å². The number of methoxy groups -OCH3 is 6. The molecule has 0 spiro atoms. The molecule has 1 aliphatic heterocycles. The molecule has 11 heteroatoms. The van der Waals surface area contributed by atoms with Crippen molar-refractivity contribution >= 4 is 0 Å². The summed E-state index contributed by atoms with van der Waals surface area (Å²) in [5, 5.41) is 22.2. The molecular weight excluding hydrogens is 680 g/mol. The minimum Gasteiger partial charge on any atom is -0.493 e. The van der Waals surface area contributed by atoms with Gasteiger partial charge in [0, 0.05) is 0 Å². The summed E-state index contributed by atoms with van der Waals surface area (Å²) >= 11 is 0. The molecule has 286 valence electrons. The summed E-state index contributed by atoms with van der Waals surface area (Å²) in [6, 6.07) is 22.1. The van der Waals surface area contributed by atoms with Gasteiger partial charge in [-0.3, -0.25) is 0 Å². The zero-order chi connectivity index (χ0) is 38.4. The zero-order valence-electron chi connectivity index (χ0n) is 32.1. The van der Waals surface area contributed by atoms with Crippen molar-refractivity contribution in [1.82, 2.24) is 0 Å². The van der Waals surface area contributed by atoms with Crippen molar-refractivity contribution in [2.45, 2.75) is 64.3 Å². The number of aliphatic hydroxyl groups excluding tert-OH is 2. The van der Waals surface area contributed by atoms with Gasteiger partial charge in [-0.2, -0.15) is 0 Å². The molecule has 0 unspecified atom stereocenters. The number of hydrogen-bond donors (Lipinski definition) is 2. The molecule has 2 N–H and O–H groups in total. The molecular formula is C42H52O11. The Morgan fingerprint density at radius 3 is 1.11 bits per heavy atom. The van der Waals surface area contributed by atoms with Crippen LogP contribution < -0.4 is 37.9 Å². The SMILES string of the molecule is COc1ccc([C@@H](O)[C@@H](C)Oc2ccc([C@H]3O[C@@H](c4ccc(O[C@@H](C)[C@@H](O)c5ccc(OC)c(OC)c5)c(OC)c4)[C@@H](C)[C@@H]3C)cc2OC)cc1OC. The topological polar surface area (TPSA) is 124 Å². The van der Waals surface area contributed by atoms with E-state index in [1.165, 1.54) is 0 Å². The normalized spacial score (nSPS) is 20.5. The Hall–Kier alpha value is -4.84. The van der Waals surface area contributed by atoms with Gasteiger partial charge in [0.2, 0.25) is 0 Å². The molecule has 1 saturated heterocycles. The van der Waals surface area contributed by atoms with Crippen LogP contribution in [-0.4, -0.2) is 65.1 Å². The van der Waals surface area contributed by atoms with E-state index in [9.17, 15) is 10.2 Å². The fourth-order valence-corrected chi connectivity index (χ4v) is 6.78. The van der Waals surface area contributed by atoms with Crippen molar-refractivity contribution in [2.24, 2.45) is 11.8 Å². The lowest BCUT2D eigenvalue weighted by molar-refractivity contribution is 0.0281. The molecule has 0 aliphatic carbocycles. The van der Waals surface area contributed by atoms with Crippen LogP contribution in [0.5, 0.6) is 46.0 Å². The molecule has 53 heavy (non-hydrogen) atoms. The summed E-state index contributed by atoms with van der Waals surface area (Å²) < 4.78 is 52.2. The minimum absolute atomic E-state index is 0.167. The van der Waals surface area contributed by atoms with Gasteiger partial charge in [0.1, 0.15) is 24.4 Å². The van der Waals surface area contributed by atoms with Crippen molar-refractivity contribution in [1.29, 1.82) is 0 Å². The Morgan fingerprint density at radius 1 is 0.453 bits per heavy atom. The molecule has 11 nitrogen and oxygen atoms in total. The molecule has 4 aromatic rings. The van der Waals surface area contributed by atoms with Crippen LogP contribution in [0, 0.1) is 11.8 Å². The smallest absolute Gasteiger partial charge is 0.161 e. The first-order chi connectivity index (χ1) is 25.5. The third kappa shape index (κ3) is 8.38. The van der Waals surface area contributed by atoms with Gasteiger partial charge >= 0.3 is 0 Å². The van der Waals surface area contributed by atoms with Gasteiger partial charge in [0.25, 0.3) is 0 Å². The summed E-state index contributed by atoms with van der Waals surface area (Å²) in [6.45, 7) is 7.96. The van der Waals surface area contributed by atoms with Crippen LogP contribution in [0.1, 0.15) is 74.4 Å². The van der Waals surface area contributed by atoms with Gasteiger partial charge in [0.15, 0.2) is 46.0 Å². The number of ether oxygens (including phenoxy) is 9. The molecule has 1 aliphatic rings. The highest BCUT2D eigenvalue weighted by molar-refractivity contribution is 5.48. The molecule has 0 saturated carbocycles. The van der Waals surface area contributed by atoms with Crippen molar-refractivity contribution in [2.75, 3.05) is 42.7 Å². The second kappa shape index (κ2) is 17.3. The van der Waals surface area contributed by atoms with Crippen LogP contribution in [0.25, 0.3) is 0 Å². The molecule has 1 fully saturated rings. The fraction of sp³-hybridized carbons (Fsp3) is 0.429. The van der Waals surface area contributed by atoms with Crippen molar-refractivity contribution in [3.05, 3.63) is 95.1 Å². The highest BCUT2D eigenvalue weighted by Crippen LogP contribution is 2.51. The molecule has 0 amide bonds. The van der Waals surface area contributed by atoms with Gasteiger partial charge in [-0.15, -0.1) is 0 Å². The van der Waals surface area contributed by atoms with Crippen LogP contribution in [0.15, 0.2) is 72.8 Å². The molecule has 5 rings (SSSR count). The van der Waals surface area contributed by atoms with Crippen molar-refractivity contribution < 1.29 is 52.8 Å². The van der Waals surface area contributed by atoms with Crippen molar-refractivity contribution in [3.63, 3.8) is 0 Å². The van der Waals surface area contributed by atoms with Crippen LogP contribution in [0.3, 0.4) is 0 Å². The van der Waals surface area contributed by atoms with Gasteiger partial charge in [0.05, 0.1) is 54.9 Å². The average molecular weight is 733 g/mol. The van der Waals surface area contributed by atoms with E-state index >= 15 is 0 Å². The highest BCUT2D eigenvalue weighted by atomic mass is 16.5. The van der Waals surface area contributed by atoms with Gasteiger partial charge in [-0.05, 0) is 96.5 Å². The molecule has 0 radical (unpaired) electrons. The molecule has 1 heterocycles. The number of aliphatic hydroxyl groups is 2. The Morgan fingerprint density at radius 2 is 0.774 bits per heavy atom. The van der Waals surface area contributed by atoms with E-state index < -0.39 is 24.4 Å². The van der Waals surface area contributed by atoms with E-state index in [-0.39, 0.29) is 24.0 Å². The van der Waals surface area contributed by atoms with E-state index in [4.69, 9.17) is 42.6 Å². The molecule has 0 aromatic heterocycles.